The zero-order valence-corrected chi connectivity index (χ0v) is 19.0. The molecule has 5 nitrogen and oxygen atoms in total. The molecule has 2 aromatic rings. The Morgan fingerprint density at radius 2 is 1.77 bits per heavy atom. The fourth-order valence-electron chi connectivity index (χ4n) is 3.21. The van der Waals surface area contributed by atoms with Crippen LogP contribution < -0.4 is 10.1 Å². The second-order valence-corrected chi connectivity index (χ2v) is 7.96. The minimum atomic E-state index is -0.579. The van der Waals surface area contributed by atoms with Crippen molar-refractivity contribution in [3.8, 4) is 5.75 Å². The van der Waals surface area contributed by atoms with Gasteiger partial charge in [0.1, 0.15) is 11.8 Å². The molecular weight excluding hydrogens is 376 g/mol. The zero-order valence-electron chi connectivity index (χ0n) is 19.0. The second-order valence-electron chi connectivity index (χ2n) is 7.96. The van der Waals surface area contributed by atoms with E-state index in [4.69, 9.17) is 4.74 Å². The number of nitrogens with one attached hydrogen (secondary N) is 1. The molecule has 0 radical (unpaired) electrons. The Morgan fingerprint density at radius 3 is 2.40 bits per heavy atom. The van der Waals surface area contributed by atoms with Crippen molar-refractivity contribution in [2.24, 2.45) is 0 Å². The van der Waals surface area contributed by atoms with Crippen molar-refractivity contribution in [2.75, 3.05) is 7.11 Å². The summed E-state index contributed by atoms with van der Waals surface area (Å²) < 4.78 is 5.31. The maximum absolute atomic E-state index is 13.3. The fraction of sp³-hybridized carbons (Fsp3) is 0.440. The third-order valence-corrected chi connectivity index (χ3v) is 5.58. The van der Waals surface area contributed by atoms with Crippen LogP contribution in [0, 0.1) is 13.8 Å². The van der Waals surface area contributed by atoms with E-state index < -0.39 is 6.04 Å². The minimum Gasteiger partial charge on any atom is -0.497 e. The van der Waals surface area contributed by atoms with Gasteiger partial charge in [-0.05, 0) is 68.5 Å². The molecule has 0 fully saturated rings. The number of benzene rings is 2. The molecule has 1 N–H and O–H groups in total. The molecule has 0 aromatic heterocycles. The number of nitrogens with zero attached hydrogens (tertiary/aromatic N) is 1. The van der Waals surface area contributed by atoms with Crippen LogP contribution in [0.15, 0.2) is 42.5 Å². The molecular formula is C25H34N2O3. The van der Waals surface area contributed by atoms with Gasteiger partial charge < -0.3 is 15.0 Å². The van der Waals surface area contributed by atoms with E-state index >= 15 is 0 Å². The number of ether oxygens (including phenoxy) is 1. The predicted octanol–water partition coefficient (Wildman–Crippen LogP) is 4.19. The van der Waals surface area contributed by atoms with Gasteiger partial charge >= 0.3 is 0 Å². The smallest absolute Gasteiger partial charge is 0.242 e. The van der Waals surface area contributed by atoms with Crippen LogP contribution >= 0.6 is 0 Å². The Kier molecular flexibility index (Phi) is 8.46. The first-order valence-corrected chi connectivity index (χ1v) is 10.5. The van der Waals surface area contributed by atoms with Crippen molar-refractivity contribution in [1.29, 1.82) is 0 Å². The molecule has 0 aliphatic carbocycles. The van der Waals surface area contributed by atoms with Crippen LogP contribution in [0.1, 0.15) is 49.4 Å². The van der Waals surface area contributed by atoms with E-state index in [2.05, 4.69) is 12.2 Å². The molecule has 0 unspecified atom stereocenters. The van der Waals surface area contributed by atoms with Gasteiger partial charge in [-0.15, -0.1) is 0 Å². The van der Waals surface area contributed by atoms with Gasteiger partial charge in [0.15, 0.2) is 0 Å². The van der Waals surface area contributed by atoms with Crippen LogP contribution in [0.25, 0.3) is 0 Å². The molecule has 0 bridgehead atoms. The normalized spacial score (nSPS) is 12.7. The molecule has 2 aromatic carbocycles. The highest BCUT2D eigenvalue weighted by molar-refractivity contribution is 5.88. The Hall–Kier alpha value is -2.82. The van der Waals surface area contributed by atoms with Crippen LogP contribution in [0.3, 0.4) is 0 Å². The average molecular weight is 411 g/mol. The van der Waals surface area contributed by atoms with Gasteiger partial charge in [-0.1, -0.05) is 37.3 Å². The van der Waals surface area contributed by atoms with E-state index in [0.717, 1.165) is 28.9 Å². The number of carbonyl (C=O) groups excluding carboxylic acids is 2. The molecule has 30 heavy (non-hydrogen) atoms. The maximum Gasteiger partial charge on any atom is 0.242 e. The van der Waals surface area contributed by atoms with Gasteiger partial charge in [0, 0.05) is 12.6 Å². The molecule has 0 heterocycles. The van der Waals surface area contributed by atoms with E-state index in [1.807, 2.05) is 63.2 Å². The third-order valence-electron chi connectivity index (χ3n) is 5.58. The summed E-state index contributed by atoms with van der Waals surface area (Å²) in [5.74, 6) is 0.513. The van der Waals surface area contributed by atoms with Crippen LogP contribution in [0.5, 0.6) is 5.75 Å². The van der Waals surface area contributed by atoms with Crippen LogP contribution in [0.4, 0.5) is 0 Å². The summed E-state index contributed by atoms with van der Waals surface area (Å²) in [7, 11) is 1.62. The van der Waals surface area contributed by atoms with Crippen LogP contribution in [0.2, 0.25) is 0 Å². The van der Waals surface area contributed by atoms with Gasteiger partial charge in [0.05, 0.1) is 13.5 Å². The predicted molar refractivity (Wildman–Crippen MR) is 121 cm³/mol. The third kappa shape index (κ3) is 6.34. The molecule has 0 aliphatic heterocycles. The Bertz CT molecular complexity index is 878. The first-order chi connectivity index (χ1) is 14.2. The van der Waals surface area contributed by atoms with Crippen molar-refractivity contribution in [3.63, 3.8) is 0 Å². The number of amides is 2. The standard InChI is InChI=1S/C25H34N2O3/c1-7-19(4)26-25(29)20(5)27(16-22-9-8-10-23(14-22)30-6)24(28)15-21-12-11-17(2)18(3)13-21/h8-14,19-20H,7,15-16H2,1-6H3,(H,26,29)/t19-,20+/m1/s1. The van der Waals surface area contributed by atoms with Crippen LogP contribution in [-0.4, -0.2) is 35.9 Å². The molecule has 0 spiro atoms. The molecule has 2 amide bonds. The summed E-state index contributed by atoms with van der Waals surface area (Å²) in [6.07, 6.45) is 1.09. The summed E-state index contributed by atoms with van der Waals surface area (Å²) in [6.45, 7) is 10.2. The van der Waals surface area contributed by atoms with Crippen molar-refractivity contribution >= 4 is 11.8 Å². The summed E-state index contributed by atoms with van der Waals surface area (Å²) in [6, 6.07) is 13.1. The number of rotatable bonds is 9. The SMILES string of the molecule is CC[C@@H](C)NC(=O)[C@H](C)N(Cc1cccc(OC)c1)C(=O)Cc1ccc(C)c(C)c1. The lowest BCUT2D eigenvalue weighted by Gasteiger charge is -2.30. The number of hydrogen-bond acceptors (Lipinski definition) is 3. The Morgan fingerprint density at radius 1 is 1.03 bits per heavy atom. The van der Waals surface area contributed by atoms with Crippen LogP contribution in [-0.2, 0) is 22.6 Å². The summed E-state index contributed by atoms with van der Waals surface area (Å²) in [5.41, 5.74) is 4.22. The molecule has 162 valence electrons. The molecule has 2 atom stereocenters. The van der Waals surface area contributed by atoms with Gasteiger partial charge in [0.2, 0.25) is 11.8 Å². The maximum atomic E-state index is 13.3. The highest BCUT2D eigenvalue weighted by atomic mass is 16.5. The molecule has 5 heteroatoms. The van der Waals surface area contributed by atoms with E-state index in [-0.39, 0.29) is 24.3 Å². The monoisotopic (exact) mass is 410 g/mol. The minimum absolute atomic E-state index is 0.0634. The number of methoxy groups -OCH3 is 1. The lowest BCUT2D eigenvalue weighted by Crippen LogP contribution is -2.49. The highest BCUT2D eigenvalue weighted by Gasteiger charge is 2.27. The number of hydrogen-bond donors (Lipinski definition) is 1. The molecule has 0 aliphatic rings. The lowest BCUT2D eigenvalue weighted by atomic mass is 10.0. The van der Waals surface area contributed by atoms with Gasteiger partial charge in [-0.3, -0.25) is 9.59 Å². The van der Waals surface area contributed by atoms with Gasteiger partial charge in [-0.2, -0.15) is 0 Å². The van der Waals surface area contributed by atoms with Crippen molar-refractivity contribution in [2.45, 2.75) is 66.1 Å². The lowest BCUT2D eigenvalue weighted by molar-refractivity contribution is -0.140. The second kappa shape index (κ2) is 10.8. The van der Waals surface area contributed by atoms with Gasteiger partial charge in [-0.25, -0.2) is 0 Å². The quantitative estimate of drug-likeness (QED) is 0.674. The summed E-state index contributed by atoms with van der Waals surface area (Å²) in [5, 5.41) is 3.00. The Balaban J connectivity index is 2.27. The van der Waals surface area contributed by atoms with E-state index in [0.29, 0.717) is 6.54 Å². The molecule has 0 saturated heterocycles. The number of carbonyl (C=O) groups is 2. The molecule has 0 saturated carbocycles. The van der Waals surface area contributed by atoms with E-state index in [1.54, 1.807) is 18.9 Å². The first kappa shape index (κ1) is 23.5. The summed E-state index contributed by atoms with van der Waals surface area (Å²) in [4.78, 5) is 27.7. The van der Waals surface area contributed by atoms with Gasteiger partial charge in [0.25, 0.3) is 0 Å². The fourth-order valence-corrected chi connectivity index (χ4v) is 3.21. The van der Waals surface area contributed by atoms with Crippen molar-refractivity contribution in [3.05, 3.63) is 64.7 Å². The Labute approximate surface area is 180 Å². The van der Waals surface area contributed by atoms with E-state index in [1.165, 1.54) is 5.56 Å². The zero-order chi connectivity index (χ0) is 22.3. The van der Waals surface area contributed by atoms with Crippen molar-refractivity contribution < 1.29 is 14.3 Å². The van der Waals surface area contributed by atoms with E-state index in [9.17, 15) is 9.59 Å². The number of aryl methyl sites for hydroxylation is 2. The largest absolute Gasteiger partial charge is 0.497 e. The average Bonchev–Trinajstić information content (AvgIpc) is 2.74. The topological polar surface area (TPSA) is 58.6 Å². The highest BCUT2D eigenvalue weighted by Crippen LogP contribution is 2.18. The summed E-state index contributed by atoms with van der Waals surface area (Å²) >= 11 is 0. The molecule has 2 rings (SSSR count). The first-order valence-electron chi connectivity index (χ1n) is 10.5. The van der Waals surface area contributed by atoms with Crippen molar-refractivity contribution in [1.82, 2.24) is 10.2 Å².